The smallest absolute Gasteiger partial charge is 0.328 e. The second kappa shape index (κ2) is 5.90. The fourth-order valence-electron chi connectivity index (χ4n) is 3.27. The van der Waals surface area contributed by atoms with Gasteiger partial charge in [-0.1, -0.05) is 12.1 Å². The van der Waals surface area contributed by atoms with Crippen molar-refractivity contribution in [2.45, 2.75) is 12.1 Å². The molecule has 7 nitrogen and oxygen atoms in total. The van der Waals surface area contributed by atoms with Crippen molar-refractivity contribution in [2.75, 3.05) is 0 Å². The van der Waals surface area contributed by atoms with Gasteiger partial charge in [-0.05, 0) is 35.1 Å². The summed E-state index contributed by atoms with van der Waals surface area (Å²) in [5.41, 5.74) is -1.59. The van der Waals surface area contributed by atoms with Crippen molar-refractivity contribution in [1.82, 2.24) is 21.3 Å². The van der Waals surface area contributed by atoms with Crippen LogP contribution in [-0.2, 0) is 9.59 Å². The third-order valence-corrected chi connectivity index (χ3v) is 6.43. The lowest BCUT2D eigenvalue weighted by molar-refractivity contribution is -0.149. The summed E-state index contributed by atoms with van der Waals surface area (Å²) in [7, 11) is 0. The molecule has 1 spiro atoms. The van der Waals surface area contributed by atoms with Gasteiger partial charge in [0.2, 0.25) is 11.8 Å². The van der Waals surface area contributed by atoms with Crippen LogP contribution in [0.4, 0.5) is 4.79 Å². The van der Waals surface area contributed by atoms with E-state index in [1.165, 1.54) is 22.7 Å². The van der Waals surface area contributed by atoms with E-state index in [9.17, 15) is 14.4 Å². The quantitative estimate of drug-likeness (QED) is 0.456. The monoisotopic (exact) mass is 392 g/mol. The molecule has 2 saturated heterocycles. The molecule has 2 aliphatic rings. The number of thiophene rings is 2. The van der Waals surface area contributed by atoms with Gasteiger partial charge in [-0.3, -0.25) is 20.2 Å². The summed E-state index contributed by atoms with van der Waals surface area (Å²) in [4.78, 5) is 39.2. The summed E-state index contributed by atoms with van der Waals surface area (Å²) in [5.74, 6) is -1.30. The zero-order valence-corrected chi connectivity index (χ0v) is 15.0. The lowest BCUT2D eigenvalue weighted by Crippen LogP contribution is -2.73. The van der Waals surface area contributed by atoms with Gasteiger partial charge in [-0.25, -0.2) is 4.79 Å². The first kappa shape index (κ1) is 16.2. The standard InChI is InChI=1S/C15H12N4O3S3/c20-11-15(12(21)19-13(22)18-11)9(7-3-1-5-24-7)16-14(23)17-10(15)8-4-2-6-25-8/h1-6,9-10H,(H2,16,17,23)(H2,18,19,20,21,22)/t9-,10+. The Balaban J connectivity index is 1.94. The molecule has 4 amide bonds. The summed E-state index contributed by atoms with van der Waals surface area (Å²) >= 11 is 8.14. The van der Waals surface area contributed by atoms with Crippen molar-refractivity contribution in [2.24, 2.45) is 5.41 Å². The van der Waals surface area contributed by atoms with Crippen LogP contribution >= 0.6 is 34.9 Å². The highest BCUT2D eigenvalue weighted by molar-refractivity contribution is 7.80. The lowest BCUT2D eigenvalue weighted by atomic mass is 9.68. The van der Waals surface area contributed by atoms with E-state index in [4.69, 9.17) is 12.2 Å². The van der Waals surface area contributed by atoms with E-state index in [0.29, 0.717) is 5.11 Å². The Morgan fingerprint density at radius 3 is 1.76 bits per heavy atom. The third-order valence-electron chi connectivity index (χ3n) is 4.32. The fourth-order valence-corrected chi connectivity index (χ4v) is 5.21. The maximum atomic E-state index is 13.0. The number of urea groups is 1. The zero-order chi connectivity index (χ0) is 17.6. The Labute approximate surface area is 155 Å². The number of hydrogen-bond donors (Lipinski definition) is 4. The largest absolute Gasteiger partial charge is 0.353 e. The molecule has 4 heterocycles. The molecular formula is C15H12N4O3S3. The average Bonchev–Trinajstić information content (AvgIpc) is 3.26. The Kier molecular flexibility index (Phi) is 3.82. The van der Waals surface area contributed by atoms with Gasteiger partial charge in [-0.2, -0.15) is 0 Å². The molecule has 0 aliphatic carbocycles. The minimum Gasteiger partial charge on any atom is -0.353 e. The number of thiocarbonyl (C=S) groups is 1. The van der Waals surface area contributed by atoms with Crippen molar-refractivity contribution in [3.63, 3.8) is 0 Å². The van der Waals surface area contributed by atoms with Gasteiger partial charge in [0.25, 0.3) is 0 Å². The van der Waals surface area contributed by atoms with E-state index in [2.05, 4.69) is 21.3 Å². The first-order valence-electron chi connectivity index (χ1n) is 7.34. The van der Waals surface area contributed by atoms with Crippen molar-refractivity contribution >= 4 is 57.8 Å². The van der Waals surface area contributed by atoms with Gasteiger partial charge in [0.1, 0.15) is 0 Å². The number of barbiturate groups is 1. The van der Waals surface area contributed by atoms with Crippen LogP contribution in [0.5, 0.6) is 0 Å². The number of rotatable bonds is 2. The van der Waals surface area contributed by atoms with Crippen LogP contribution in [0.3, 0.4) is 0 Å². The topological polar surface area (TPSA) is 99.3 Å². The number of hydrogen-bond acceptors (Lipinski definition) is 6. The Hall–Kier alpha value is -2.30. The fraction of sp³-hybridized carbons (Fsp3) is 0.200. The van der Waals surface area contributed by atoms with E-state index in [1.807, 2.05) is 35.0 Å². The molecule has 25 heavy (non-hydrogen) atoms. The molecule has 2 aromatic rings. The van der Waals surface area contributed by atoms with E-state index in [1.54, 1.807) is 0 Å². The molecular weight excluding hydrogens is 380 g/mol. The normalized spacial score (nSPS) is 25.1. The molecule has 128 valence electrons. The molecule has 0 saturated carbocycles. The lowest BCUT2D eigenvalue weighted by Gasteiger charge is -2.48. The molecule has 2 atom stereocenters. The first-order valence-corrected chi connectivity index (χ1v) is 9.51. The van der Waals surface area contributed by atoms with Crippen molar-refractivity contribution in [1.29, 1.82) is 0 Å². The van der Waals surface area contributed by atoms with E-state index in [0.717, 1.165) is 9.75 Å². The maximum Gasteiger partial charge on any atom is 0.328 e. The molecule has 2 fully saturated rings. The summed E-state index contributed by atoms with van der Waals surface area (Å²) in [6.07, 6.45) is 0. The van der Waals surface area contributed by atoms with E-state index >= 15 is 0 Å². The highest BCUT2D eigenvalue weighted by atomic mass is 32.1. The molecule has 2 aromatic heterocycles. The third kappa shape index (κ3) is 2.36. The molecule has 0 bridgehead atoms. The van der Waals surface area contributed by atoms with Crippen LogP contribution in [0.25, 0.3) is 0 Å². The Bertz CT molecular complexity index is 794. The molecule has 4 rings (SSSR count). The summed E-state index contributed by atoms with van der Waals surface area (Å²) < 4.78 is 0. The van der Waals surface area contributed by atoms with E-state index in [-0.39, 0.29) is 0 Å². The molecule has 0 unspecified atom stereocenters. The van der Waals surface area contributed by atoms with Crippen LogP contribution < -0.4 is 21.3 Å². The SMILES string of the molecule is O=C1NC(=O)C2(C(=O)N1)[C@@H](c1cccs1)NC(=S)N[C@H]2c1cccs1. The molecule has 0 aromatic carbocycles. The predicted octanol–water partition coefficient (Wildman–Crippen LogP) is 1.42. The number of imide groups is 2. The van der Waals surface area contributed by atoms with Gasteiger partial charge >= 0.3 is 6.03 Å². The number of amides is 4. The van der Waals surface area contributed by atoms with Crippen LogP contribution in [0.1, 0.15) is 21.8 Å². The second-order valence-electron chi connectivity index (χ2n) is 5.62. The summed E-state index contributed by atoms with van der Waals surface area (Å²) in [6.45, 7) is 0. The predicted molar refractivity (Wildman–Crippen MR) is 97.1 cm³/mol. The maximum absolute atomic E-state index is 13.0. The minimum absolute atomic E-state index is 0.347. The highest BCUT2D eigenvalue weighted by Gasteiger charge is 2.64. The zero-order valence-electron chi connectivity index (χ0n) is 12.6. The van der Waals surface area contributed by atoms with Gasteiger partial charge in [0.05, 0.1) is 12.1 Å². The minimum atomic E-state index is -1.59. The van der Waals surface area contributed by atoms with Gasteiger partial charge in [-0.15, -0.1) is 22.7 Å². The molecule has 10 heteroatoms. The number of nitrogens with one attached hydrogen (secondary N) is 4. The van der Waals surface area contributed by atoms with Crippen LogP contribution in [0.2, 0.25) is 0 Å². The van der Waals surface area contributed by atoms with Crippen molar-refractivity contribution in [3.05, 3.63) is 44.8 Å². The number of carbonyl (C=O) groups excluding carboxylic acids is 3. The van der Waals surface area contributed by atoms with Crippen LogP contribution in [0, 0.1) is 5.41 Å². The Morgan fingerprint density at radius 2 is 1.36 bits per heavy atom. The first-order chi connectivity index (χ1) is 12.0. The van der Waals surface area contributed by atoms with Gasteiger partial charge in [0.15, 0.2) is 10.5 Å². The molecule has 4 N–H and O–H groups in total. The van der Waals surface area contributed by atoms with Crippen molar-refractivity contribution in [3.8, 4) is 0 Å². The van der Waals surface area contributed by atoms with Gasteiger partial charge in [0, 0.05) is 9.75 Å². The average molecular weight is 392 g/mol. The van der Waals surface area contributed by atoms with E-state index < -0.39 is 35.3 Å². The second-order valence-corrected chi connectivity index (χ2v) is 7.99. The molecule has 2 aliphatic heterocycles. The van der Waals surface area contributed by atoms with Crippen LogP contribution in [-0.4, -0.2) is 23.0 Å². The van der Waals surface area contributed by atoms with Crippen molar-refractivity contribution < 1.29 is 14.4 Å². The van der Waals surface area contributed by atoms with Gasteiger partial charge < -0.3 is 10.6 Å². The number of carbonyl (C=O) groups is 3. The highest BCUT2D eigenvalue weighted by Crippen LogP contribution is 2.49. The summed E-state index contributed by atoms with van der Waals surface area (Å²) in [6, 6.07) is 5.14. The van der Waals surface area contributed by atoms with Crippen LogP contribution in [0.15, 0.2) is 35.0 Å². The molecule has 0 radical (unpaired) electrons. The Morgan fingerprint density at radius 1 is 0.880 bits per heavy atom. The summed E-state index contributed by atoms with van der Waals surface area (Å²) in [5, 5.41) is 14.7.